The second-order valence-corrected chi connectivity index (χ2v) is 6.77. The highest BCUT2D eigenvalue weighted by atomic mass is 16.2. The van der Waals surface area contributed by atoms with E-state index in [0.29, 0.717) is 12.6 Å². The van der Waals surface area contributed by atoms with Crippen molar-refractivity contribution in [2.45, 2.75) is 25.6 Å². The minimum atomic E-state index is 0.195. The van der Waals surface area contributed by atoms with E-state index in [1.54, 1.807) is 0 Å². The molecular weight excluding hydrogens is 310 g/mol. The molecule has 0 aliphatic carbocycles. The Morgan fingerprint density at radius 3 is 2.04 bits per heavy atom. The Labute approximate surface area is 150 Å². The van der Waals surface area contributed by atoms with Crippen molar-refractivity contribution in [1.29, 1.82) is 0 Å². The van der Waals surface area contributed by atoms with Crippen molar-refractivity contribution in [3.05, 3.63) is 71.8 Å². The summed E-state index contributed by atoms with van der Waals surface area (Å²) in [6, 6.07) is 21.0. The van der Waals surface area contributed by atoms with E-state index in [-0.39, 0.29) is 5.91 Å². The lowest BCUT2D eigenvalue weighted by Crippen LogP contribution is -2.44. The molecule has 0 aromatic heterocycles. The van der Waals surface area contributed by atoms with Gasteiger partial charge < -0.3 is 10.2 Å². The van der Waals surface area contributed by atoms with Gasteiger partial charge in [-0.25, -0.2) is 0 Å². The van der Waals surface area contributed by atoms with Crippen LogP contribution in [-0.2, 0) is 17.9 Å². The molecule has 1 N–H and O–H groups in total. The fourth-order valence-electron chi connectivity index (χ4n) is 3.33. The van der Waals surface area contributed by atoms with E-state index in [0.717, 1.165) is 32.6 Å². The van der Waals surface area contributed by atoms with Crippen LogP contribution in [0.2, 0.25) is 0 Å². The lowest BCUT2D eigenvalue weighted by Gasteiger charge is -2.28. The summed E-state index contributed by atoms with van der Waals surface area (Å²) in [6.45, 7) is 3.90. The molecule has 1 saturated heterocycles. The van der Waals surface area contributed by atoms with Crippen molar-refractivity contribution in [1.82, 2.24) is 15.1 Å². The molecule has 1 aliphatic heterocycles. The van der Waals surface area contributed by atoms with Gasteiger partial charge in [0.1, 0.15) is 0 Å². The minimum absolute atomic E-state index is 0.195. The van der Waals surface area contributed by atoms with Crippen LogP contribution >= 0.6 is 0 Å². The molecule has 2 aromatic carbocycles. The zero-order valence-corrected chi connectivity index (χ0v) is 14.9. The van der Waals surface area contributed by atoms with Crippen LogP contribution in [0, 0.1) is 0 Å². The highest BCUT2D eigenvalue weighted by molar-refractivity contribution is 5.78. The summed E-state index contributed by atoms with van der Waals surface area (Å²) in [4.78, 5) is 16.9. The summed E-state index contributed by atoms with van der Waals surface area (Å²) in [5, 5.41) is 3.33. The Bertz CT molecular complexity index is 612. The predicted molar refractivity (Wildman–Crippen MR) is 101 cm³/mol. The Morgan fingerprint density at radius 1 is 1.00 bits per heavy atom. The highest BCUT2D eigenvalue weighted by Gasteiger charge is 2.24. The molecule has 0 radical (unpaired) electrons. The van der Waals surface area contributed by atoms with Crippen LogP contribution in [0.25, 0.3) is 0 Å². The first-order valence-corrected chi connectivity index (χ1v) is 8.99. The highest BCUT2D eigenvalue weighted by Crippen LogP contribution is 2.12. The van der Waals surface area contributed by atoms with E-state index in [2.05, 4.69) is 34.5 Å². The average Bonchev–Trinajstić information content (AvgIpc) is 3.17. The number of nitrogens with one attached hydrogen (secondary N) is 1. The quantitative estimate of drug-likeness (QED) is 0.843. The maximum absolute atomic E-state index is 12.8. The van der Waals surface area contributed by atoms with Crippen LogP contribution in [0.3, 0.4) is 0 Å². The number of rotatable bonds is 7. The number of hydrogen-bond donors (Lipinski definition) is 1. The largest absolute Gasteiger partial charge is 0.340 e. The van der Waals surface area contributed by atoms with E-state index in [4.69, 9.17) is 0 Å². The molecule has 4 nitrogen and oxygen atoms in total. The Kier molecular flexibility index (Phi) is 6.20. The number of hydrogen-bond acceptors (Lipinski definition) is 3. The first kappa shape index (κ1) is 17.6. The van der Waals surface area contributed by atoms with Crippen LogP contribution in [-0.4, -0.2) is 48.4 Å². The monoisotopic (exact) mass is 337 g/mol. The Hall–Kier alpha value is -2.17. The van der Waals surface area contributed by atoms with Crippen molar-refractivity contribution in [2.24, 2.45) is 0 Å². The summed E-state index contributed by atoms with van der Waals surface area (Å²) >= 11 is 0. The molecule has 1 atom stereocenters. The molecule has 1 heterocycles. The average molecular weight is 337 g/mol. The van der Waals surface area contributed by atoms with E-state index in [1.165, 1.54) is 11.1 Å². The fourth-order valence-corrected chi connectivity index (χ4v) is 3.33. The lowest BCUT2D eigenvalue weighted by molar-refractivity contribution is -0.133. The molecule has 0 saturated carbocycles. The van der Waals surface area contributed by atoms with Gasteiger partial charge in [0.25, 0.3) is 0 Å². The number of carbonyl (C=O) groups is 1. The topological polar surface area (TPSA) is 35.6 Å². The number of likely N-dealkylation sites (N-methyl/N-ethyl adjacent to an activating group) is 1. The molecule has 0 bridgehead atoms. The zero-order chi connectivity index (χ0) is 17.5. The first-order chi connectivity index (χ1) is 12.2. The third-order valence-electron chi connectivity index (χ3n) is 4.83. The van der Waals surface area contributed by atoms with Crippen molar-refractivity contribution >= 4 is 5.91 Å². The Balaban J connectivity index is 1.67. The summed E-state index contributed by atoms with van der Waals surface area (Å²) in [5.74, 6) is 0.195. The van der Waals surface area contributed by atoms with Gasteiger partial charge in [-0.05, 0) is 24.1 Å². The van der Waals surface area contributed by atoms with Crippen molar-refractivity contribution < 1.29 is 4.79 Å². The van der Waals surface area contributed by atoms with E-state index in [9.17, 15) is 4.79 Å². The molecule has 132 valence electrons. The van der Waals surface area contributed by atoms with Crippen LogP contribution in [0.4, 0.5) is 0 Å². The van der Waals surface area contributed by atoms with Crippen molar-refractivity contribution in [3.8, 4) is 0 Å². The standard InChI is InChI=1S/C21H27N3O/c1-23(20-12-13-22-14-20)21(25)17-24(15-18-8-4-2-5-9-18)16-19-10-6-3-7-11-19/h2-11,20,22H,12-17H2,1H3. The second-order valence-electron chi connectivity index (χ2n) is 6.77. The normalized spacial score (nSPS) is 17.0. The summed E-state index contributed by atoms with van der Waals surface area (Å²) in [7, 11) is 1.93. The fraction of sp³-hybridized carbons (Fsp3) is 0.381. The summed E-state index contributed by atoms with van der Waals surface area (Å²) < 4.78 is 0. The first-order valence-electron chi connectivity index (χ1n) is 8.99. The Morgan fingerprint density at radius 2 is 1.56 bits per heavy atom. The molecule has 25 heavy (non-hydrogen) atoms. The van der Waals surface area contributed by atoms with Crippen LogP contribution in [0.5, 0.6) is 0 Å². The maximum Gasteiger partial charge on any atom is 0.236 e. The lowest BCUT2D eigenvalue weighted by atomic mass is 10.1. The molecular formula is C21H27N3O. The van der Waals surface area contributed by atoms with E-state index >= 15 is 0 Å². The minimum Gasteiger partial charge on any atom is -0.340 e. The van der Waals surface area contributed by atoms with Gasteiger partial charge in [0.15, 0.2) is 0 Å². The van der Waals surface area contributed by atoms with Gasteiger partial charge in [0.05, 0.1) is 6.54 Å². The van der Waals surface area contributed by atoms with E-state index in [1.807, 2.05) is 48.3 Å². The maximum atomic E-state index is 12.8. The van der Waals surface area contributed by atoms with Gasteiger partial charge in [-0.15, -0.1) is 0 Å². The smallest absolute Gasteiger partial charge is 0.236 e. The molecule has 0 spiro atoms. The third kappa shape index (κ3) is 5.15. The van der Waals surface area contributed by atoms with E-state index < -0.39 is 0 Å². The molecule has 1 aliphatic rings. The van der Waals surface area contributed by atoms with Gasteiger partial charge in [-0.1, -0.05) is 60.7 Å². The number of carbonyl (C=O) groups excluding carboxylic acids is 1. The number of amides is 1. The zero-order valence-electron chi connectivity index (χ0n) is 14.9. The van der Waals surface area contributed by atoms with Gasteiger partial charge in [-0.3, -0.25) is 9.69 Å². The van der Waals surface area contributed by atoms with Crippen LogP contribution < -0.4 is 5.32 Å². The molecule has 2 aromatic rings. The SMILES string of the molecule is CN(C(=O)CN(Cc1ccccc1)Cc1ccccc1)C1CCNC1. The van der Waals surface area contributed by atoms with Crippen LogP contribution in [0.15, 0.2) is 60.7 Å². The molecule has 3 rings (SSSR count). The summed E-state index contributed by atoms with van der Waals surface area (Å²) in [5.41, 5.74) is 2.47. The molecule has 4 heteroatoms. The predicted octanol–water partition coefficient (Wildman–Crippen LogP) is 2.51. The van der Waals surface area contributed by atoms with Gasteiger partial charge in [-0.2, -0.15) is 0 Å². The number of nitrogens with zero attached hydrogens (tertiary/aromatic N) is 2. The van der Waals surface area contributed by atoms with Crippen molar-refractivity contribution in [2.75, 3.05) is 26.7 Å². The van der Waals surface area contributed by atoms with Gasteiger partial charge >= 0.3 is 0 Å². The molecule has 1 amide bonds. The summed E-state index contributed by atoms with van der Waals surface area (Å²) in [6.07, 6.45) is 1.04. The van der Waals surface area contributed by atoms with Crippen molar-refractivity contribution in [3.63, 3.8) is 0 Å². The number of benzene rings is 2. The van der Waals surface area contributed by atoms with Crippen LogP contribution in [0.1, 0.15) is 17.5 Å². The second kappa shape index (κ2) is 8.79. The molecule has 1 unspecified atom stereocenters. The molecule has 1 fully saturated rings. The van der Waals surface area contributed by atoms with Gasteiger partial charge in [0.2, 0.25) is 5.91 Å². The van der Waals surface area contributed by atoms with Gasteiger partial charge in [0, 0.05) is 32.7 Å². The third-order valence-corrected chi connectivity index (χ3v) is 4.83.